The van der Waals surface area contributed by atoms with Crippen molar-refractivity contribution in [2.45, 2.75) is 19.4 Å². The van der Waals surface area contributed by atoms with Gasteiger partial charge in [-0.1, -0.05) is 22.9 Å². The molecule has 2 nitrogen and oxygen atoms in total. The van der Waals surface area contributed by atoms with Crippen molar-refractivity contribution in [1.82, 2.24) is 4.90 Å². The third-order valence-corrected chi connectivity index (χ3v) is 3.37. The Bertz CT molecular complexity index is 344. The summed E-state index contributed by atoms with van der Waals surface area (Å²) in [6, 6.07) is 4.78. The molecule has 1 rings (SSSR count). The summed E-state index contributed by atoms with van der Waals surface area (Å²) in [4.78, 5) is 2.15. The molecule has 0 aromatic heterocycles. The minimum absolute atomic E-state index is 0.0602. The summed E-state index contributed by atoms with van der Waals surface area (Å²) in [6.45, 7) is 3.55. The van der Waals surface area contributed by atoms with E-state index in [1.54, 1.807) is 12.1 Å². The van der Waals surface area contributed by atoms with E-state index in [1.807, 2.05) is 7.05 Å². The first-order valence-electron chi connectivity index (χ1n) is 5.45. The van der Waals surface area contributed by atoms with Crippen molar-refractivity contribution in [2.24, 2.45) is 5.73 Å². The Labute approximate surface area is 105 Å². The molecule has 4 heteroatoms. The fraction of sp³-hybridized carbons (Fsp3) is 0.500. The zero-order valence-corrected chi connectivity index (χ0v) is 11.3. The summed E-state index contributed by atoms with van der Waals surface area (Å²) in [5.41, 5.74) is 6.69. The Kier molecular flexibility index (Phi) is 5.38. The normalized spacial score (nSPS) is 13.1. The van der Waals surface area contributed by atoms with E-state index >= 15 is 0 Å². The molecule has 0 radical (unpaired) electrons. The van der Waals surface area contributed by atoms with E-state index in [-0.39, 0.29) is 11.9 Å². The average Bonchev–Trinajstić information content (AvgIpc) is 2.24. The largest absolute Gasteiger partial charge is 0.329 e. The number of hydrogen-bond donors (Lipinski definition) is 1. The molecule has 0 aliphatic carbocycles. The Morgan fingerprint density at radius 2 is 2.19 bits per heavy atom. The van der Waals surface area contributed by atoms with Gasteiger partial charge in [0.25, 0.3) is 0 Å². The zero-order chi connectivity index (χ0) is 12.1. The van der Waals surface area contributed by atoms with Gasteiger partial charge in [0.1, 0.15) is 5.82 Å². The van der Waals surface area contributed by atoms with Crippen LogP contribution in [0.5, 0.6) is 0 Å². The molecule has 0 aliphatic rings. The monoisotopic (exact) mass is 288 g/mol. The molecule has 1 aromatic rings. The van der Waals surface area contributed by atoms with Crippen molar-refractivity contribution in [3.8, 4) is 0 Å². The molecule has 16 heavy (non-hydrogen) atoms. The molecule has 0 amide bonds. The minimum Gasteiger partial charge on any atom is -0.329 e. The molecule has 1 atom stereocenters. The topological polar surface area (TPSA) is 29.3 Å². The summed E-state index contributed by atoms with van der Waals surface area (Å²) in [5.74, 6) is -0.221. The van der Waals surface area contributed by atoms with Crippen molar-refractivity contribution < 1.29 is 4.39 Å². The number of nitrogens with zero attached hydrogens (tertiary/aromatic N) is 1. The molecule has 0 bridgehead atoms. The molecule has 1 unspecified atom stereocenters. The fourth-order valence-electron chi connectivity index (χ4n) is 1.82. The van der Waals surface area contributed by atoms with Gasteiger partial charge in [0.2, 0.25) is 0 Å². The number of rotatable bonds is 5. The van der Waals surface area contributed by atoms with Gasteiger partial charge in [-0.05, 0) is 43.8 Å². The van der Waals surface area contributed by atoms with Crippen molar-refractivity contribution >= 4 is 15.9 Å². The lowest BCUT2D eigenvalue weighted by Crippen LogP contribution is -2.31. The Hall–Kier alpha value is -0.450. The zero-order valence-electron chi connectivity index (χ0n) is 9.71. The molecule has 0 heterocycles. The number of halogens is 2. The van der Waals surface area contributed by atoms with Gasteiger partial charge in [0.05, 0.1) is 0 Å². The number of benzene rings is 1. The SMILES string of the molecule is CCCN(C)C(CN)c1cc(F)ccc1Br. The second kappa shape index (κ2) is 6.33. The first kappa shape index (κ1) is 13.6. The van der Waals surface area contributed by atoms with Crippen LogP contribution in [0.4, 0.5) is 4.39 Å². The molecular weight excluding hydrogens is 271 g/mol. The van der Waals surface area contributed by atoms with Crippen LogP contribution < -0.4 is 5.73 Å². The van der Waals surface area contributed by atoms with E-state index in [4.69, 9.17) is 5.73 Å². The van der Waals surface area contributed by atoms with Crippen LogP contribution in [-0.2, 0) is 0 Å². The van der Waals surface area contributed by atoms with Crippen LogP contribution in [0.15, 0.2) is 22.7 Å². The lowest BCUT2D eigenvalue weighted by Gasteiger charge is -2.27. The van der Waals surface area contributed by atoms with Gasteiger partial charge >= 0.3 is 0 Å². The van der Waals surface area contributed by atoms with Gasteiger partial charge in [-0.25, -0.2) is 4.39 Å². The third-order valence-electron chi connectivity index (χ3n) is 2.65. The molecule has 0 saturated heterocycles. The van der Waals surface area contributed by atoms with Crippen LogP contribution in [0.3, 0.4) is 0 Å². The molecule has 1 aromatic carbocycles. The van der Waals surface area contributed by atoms with Crippen LogP contribution in [0.2, 0.25) is 0 Å². The van der Waals surface area contributed by atoms with Gasteiger partial charge in [0, 0.05) is 17.1 Å². The summed E-state index contributed by atoms with van der Waals surface area (Å²) < 4.78 is 14.1. The fourth-order valence-corrected chi connectivity index (χ4v) is 2.33. The molecular formula is C12H18BrFN2. The van der Waals surface area contributed by atoms with E-state index in [0.717, 1.165) is 23.0 Å². The molecule has 0 spiro atoms. The minimum atomic E-state index is -0.221. The van der Waals surface area contributed by atoms with Crippen molar-refractivity contribution in [3.05, 3.63) is 34.1 Å². The van der Waals surface area contributed by atoms with Crippen molar-refractivity contribution in [1.29, 1.82) is 0 Å². The number of hydrogen-bond acceptors (Lipinski definition) is 2. The molecule has 0 aliphatic heterocycles. The smallest absolute Gasteiger partial charge is 0.123 e. The lowest BCUT2D eigenvalue weighted by atomic mass is 10.1. The van der Waals surface area contributed by atoms with Gasteiger partial charge < -0.3 is 5.73 Å². The summed E-state index contributed by atoms with van der Waals surface area (Å²) in [6.07, 6.45) is 1.06. The second-order valence-corrected chi connectivity index (χ2v) is 4.75. The Balaban J connectivity index is 2.98. The highest BCUT2D eigenvalue weighted by Gasteiger charge is 2.17. The van der Waals surface area contributed by atoms with E-state index < -0.39 is 0 Å². The lowest BCUT2D eigenvalue weighted by molar-refractivity contribution is 0.249. The van der Waals surface area contributed by atoms with Crippen LogP contribution in [0.25, 0.3) is 0 Å². The van der Waals surface area contributed by atoms with Crippen molar-refractivity contribution in [2.75, 3.05) is 20.1 Å². The highest BCUT2D eigenvalue weighted by Crippen LogP contribution is 2.27. The van der Waals surface area contributed by atoms with Gasteiger partial charge in [-0.3, -0.25) is 4.90 Å². The predicted octanol–water partition coefficient (Wildman–Crippen LogP) is 2.93. The van der Waals surface area contributed by atoms with E-state index in [2.05, 4.69) is 27.8 Å². The molecule has 0 fully saturated rings. The number of likely N-dealkylation sites (N-methyl/N-ethyl adjacent to an activating group) is 1. The van der Waals surface area contributed by atoms with E-state index in [0.29, 0.717) is 6.54 Å². The quantitative estimate of drug-likeness (QED) is 0.903. The molecule has 2 N–H and O–H groups in total. The van der Waals surface area contributed by atoms with Crippen LogP contribution in [0.1, 0.15) is 24.9 Å². The first-order valence-corrected chi connectivity index (χ1v) is 6.24. The summed E-state index contributed by atoms with van der Waals surface area (Å²) >= 11 is 3.44. The van der Waals surface area contributed by atoms with Crippen LogP contribution in [0, 0.1) is 5.82 Å². The molecule has 90 valence electrons. The predicted molar refractivity (Wildman–Crippen MR) is 68.8 cm³/mol. The Morgan fingerprint density at radius 3 is 2.75 bits per heavy atom. The van der Waals surface area contributed by atoms with Crippen LogP contribution in [-0.4, -0.2) is 25.0 Å². The van der Waals surface area contributed by atoms with Gasteiger partial charge in [0.15, 0.2) is 0 Å². The highest BCUT2D eigenvalue weighted by molar-refractivity contribution is 9.10. The summed E-state index contributed by atoms with van der Waals surface area (Å²) in [7, 11) is 2.01. The van der Waals surface area contributed by atoms with Gasteiger partial charge in [-0.2, -0.15) is 0 Å². The summed E-state index contributed by atoms with van der Waals surface area (Å²) in [5, 5.41) is 0. The maximum absolute atomic E-state index is 13.2. The highest BCUT2D eigenvalue weighted by atomic mass is 79.9. The third kappa shape index (κ3) is 3.27. The standard InChI is InChI=1S/C12H18BrFN2/c1-3-6-16(2)12(8-15)10-7-9(14)4-5-11(10)13/h4-5,7,12H,3,6,8,15H2,1-2H3. The maximum atomic E-state index is 13.2. The van der Waals surface area contributed by atoms with Crippen molar-refractivity contribution in [3.63, 3.8) is 0 Å². The average molecular weight is 289 g/mol. The van der Waals surface area contributed by atoms with E-state index in [9.17, 15) is 4.39 Å². The Morgan fingerprint density at radius 1 is 1.50 bits per heavy atom. The van der Waals surface area contributed by atoms with Gasteiger partial charge in [-0.15, -0.1) is 0 Å². The second-order valence-electron chi connectivity index (χ2n) is 3.90. The van der Waals surface area contributed by atoms with Crippen LogP contribution >= 0.6 is 15.9 Å². The van der Waals surface area contributed by atoms with E-state index in [1.165, 1.54) is 6.07 Å². The first-order chi connectivity index (χ1) is 7.60. The number of nitrogens with two attached hydrogens (primary N) is 1. The molecule has 0 saturated carbocycles. The maximum Gasteiger partial charge on any atom is 0.123 e.